The number of nitrogens with zero attached hydrogens (tertiary/aromatic N) is 2. The van der Waals surface area contributed by atoms with Gasteiger partial charge in [-0.25, -0.2) is 8.42 Å². The summed E-state index contributed by atoms with van der Waals surface area (Å²) >= 11 is 5.94. The highest BCUT2D eigenvalue weighted by molar-refractivity contribution is 7.89. The predicted octanol–water partition coefficient (Wildman–Crippen LogP) is 4.08. The molecule has 3 rings (SSSR count). The first-order valence-electron chi connectivity index (χ1n) is 9.24. The van der Waals surface area contributed by atoms with Gasteiger partial charge in [-0.15, -0.1) is 0 Å². The second-order valence-electron chi connectivity index (χ2n) is 7.40. The van der Waals surface area contributed by atoms with Crippen molar-refractivity contribution in [3.8, 4) is 0 Å². The zero-order valence-corrected chi connectivity index (χ0v) is 18.0. The fourth-order valence-electron chi connectivity index (χ4n) is 3.67. The number of hydrogen-bond acceptors (Lipinski definition) is 3. The van der Waals surface area contributed by atoms with Crippen LogP contribution in [0.1, 0.15) is 27.8 Å². The highest BCUT2D eigenvalue weighted by Crippen LogP contribution is 2.29. The van der Waals surface area contributed by atoms with Crippen molar-refractivity contribution in [1.29, 1.82) is 0 Å². The van der Waals surface area contributed by atoms with Crippen LogP contribution in [-0.2, 0) is 16.6 Å². The molecule has 1 heterocycles. The maximum absolute atomic E-state index is 13.3. The normalized spacial score (nSPS) is 16.6. The number of hydrogen-bond donors (Lipinski definition) is 0. The molecule has 2 aromatic rings. The van der Waals surface area contributed by atoms with Crippen molar-refractivity contribution >= 4 is 21.6 Å². The van der Waals surface area contributed by atoms with E-state index in [0.717, 1.165) is 46.9 Å². The summed E-state index contributed by atoms with van der Waals surface area (Å²) in [5.74, 6) is 0. The molecular formula is C21H27ClN2O2S. The summed E-state index contributed by atoms with van der Waals surface area (Å²) in [4.78, 5) is 2.78. The smallest absolute Gasteiger partial charge is 0.243 e. The van der Waals surface area contributed by atoms with Gasteiger partial charge in [0.1, 0.15) is 0 Å². The van der Waals surface area contributed by atoms with Gasteiger partial charge in [0.2, 0.25) is 10.0 Å². The molecule has 1 aliphatic rings. The van der Waals surface area contributed by atoms with E-state index < -0.39 is 10.0 Å². The number of halogens is 1. The van der Waals surface area contributed by atoms with Crippen molar-refractivity contribution in [2.24, 2.45) is 0 Å². The summed E-state index contributed by atoms with van der Waals surface area (Å²) in [6.45, 7) is 11.1. The lowest BCUT2D eigenvalue weighted by atomic mass is 10.0. The van der Waals surface area contributed by atoms with Gasteiger partial charge in [0.15, 0.2) is 0 Å². The Hall–Kier alpha value is -1.40. The second kappa shape index (κ2) is 7.92. The lowest BCUT2D eigenvalue weighted by molar-refractivity contribution is 0.181. The Morgan fingerprint density at radius 1 is 0.889 bits per heavy atom. The maximum Gasteiger partial charge on any atom is 0.243 e. The highest BCUT2D eigenvalue weighted by atomic mass is 35.5. The minimum absolute atomic E-state index is 0.492. The van der Waals surface area contributed by atoms with Gasteiger partial charge < -0.3 is 0 Å². The summed E-state index contributed by atoms with van der Waals surface area (Å²) < 4.78 is 28.3. The van der Waals surface area contributed by atoms with Crippen LogP contribution in [0.3, 0.4) is 0 Å². The monoisotopic (exact) mass is 406 g/mol. The third-order valence-corrected chi connectivity index (χ3v) is 7.97. The van der Waals surface area contributed by atoms with Crippen LogP contribution in [-0.4, -0.2) is 43.8 Å². The Bertz CT molecular complexity index is 905. The molecule has 1 aliphatic heterocycles. The van der Waals surface area contributed by atoms with Crippen LogP contribution in [0.4, 0.5) is 0 Å². The van der Waals surface area contributed by atoms with Crippen LogP contribution in [0.5, 0.6) is 0 Å². The molecule has 0 unspecified atom stereocenters. The van der Waals surface area contributed by atoms with E-state index in [1.165, 1.54) is 5.56 Å². The first-order chi connectivity index (χ1) is 12.7. The number of piperazine rings is 1. The molecule has 0 aliphatic carbocycles. The van der Waals surface area contributed by atoms with Crippen molar-refractivity contribution in [2.45, 2.75) is 39.1 Å². The minimum atomic E-state index is -3.48. The molecule has 0 aromatic heterocycles. The van der Waals surface area contributed by atoms with Crippen LogP contribution in [0.2, 0.25) is 5.02 Å². The first kappa shape index (κ1) is 20.3. The number of rotatable bonds is 4. The van der Waals surface area contributed by atoms with E-state index in [-0.39, 0.29) is 0 Å². The Morgan fingerprint density at radius 2 is 1.41 bits per heavy atom. The summed E-state index contributed by atoms with van der Waals surface area (Å²) in [5, 5.41) is 0.730. The molecule has 2 aromatic carbocycles. The molecule has 146 valence electrons. The zero-order chi connectivity index (χ0) is 19.8. The maximum atomic E-state index is 13.3. The van der Waals surface area contributed by atoms with E-state index in [2.05, 4.69) is 11.0 Å². The molecule has 0 radical (unpaired) electrons. The Kier molecular flexibility index (Phi) is 5.96. The van der Waals surface area contributed by atoms with Gasteiger partial charge >= 0.3 is 0 Å². The molecule has 0 amide bonds. The first-order valence-corrected chi connectivity index (χ1v) is 11.1. The SMILES string of the molecule is Cc1cc(C)c(C)c(S(=O)(=O)N2CCN(Cc3ccc(Cl)cc3)CC2)c1C. The van der Waals surface area contributed by atoms with E-state index in [0.29, 0.717) is 18.0 Å². The second-order valence-corrected chi connectivity index (χ2v) is 9.71. The van der Waals surface area contributed by atoms with Crippen molar-refractivity contribution in [1.82, 2.24) is 9.21 Å². The Balaban J connectivity index is 1.75. The van der Waals surface area contributed by atoms with E-state index in [1.807, 2.05) is 52.0 Å². The van der Waals surface area contributed by atoms with E-state index >= 15 is 0 Å². The molecule has 27 heavy (non-hydrogen) atoms. The molecule has 6 heteroatoms. The standard InChI is InChI=1S/C21H27ClN2O2S/c1-15-13-16(2)18(4)21(17(15)3)27(25,26)24-11-9-23(10-12-24)14-19-5-7-20(22)8-6-19/h5-8,13H,9-12,14H2,1-4H3. The van der Waals surface area contributed by atoms with Crippen LogP contribution in [0.15, 0.2) is 35.2 Å². The summed E-state index contributed by atoms with van der Waals surface area (Å²) in [5.41, 5.74) is 4.97. The molecule has 1 saturated heterocycles. The average Bonchev–Trinajstić information content (AvgIpc) is 2.62. The lowest BCUT2D eigenvalue weighted by Gasteiger charge is -2.34. The van der Waals surface area contributed by atoms with E-state index in [1.54, 1.807) is 4.31 Å². The molecule has 4 nitrogen and oxygen atoms in total. The molecular weight excluding hydrogens is 380 g/mol. The summed E-state index contributed by atoms with van der Waals surface area (Å²) in [6, 6.07) is 9.89. The van der Waals surface area contributed by atoms with Gasteiger partial charge in [-0.1, -0.05) is 29.8 Å². The fourth-order valence-corrected chi connectivity index (χ4v) is 5.80. The Morgan fingerprint density at radius 3 is 1.93 bits per heavy atom. The number of aryl methyl sites for hydroxylation is 2. The van der Waals surface area contributed by atoms with E-state index in [9.17, 15) is 8.42 Å². The molecule has 0 saturated carbocycles. The largest absolute Gasteiger partial charge is 0.296 e. The lowest BCUT2D eigenvalue weighted by Crippen LogP contribution is -2.48. The minimum Gasteiger partial charge on any atom is -0.296 e. The van der Waals surface area contributed by atoms with Crippen molar-refractivity contribution in [3.05, 3.63) is 63.2 Å². The molecule has 0 N–H and O–H groups in total. The molecule has 0 bridgehead atoms. The van der Waals surface area contributed by atoms with Crippen molar-refractivity contribution in [2.75, 3.05) is 26.2 Å². The predicted molar refractivity (Wildman–Crippen MR) is 111 cm³/mol. The summed E-state index contributed by atoms with van der Waals surface area (Å²) in [6.07, 6.45) is 0. The van der Waals surface area contributed by atoms with Crippen LogP contribution in [0, 0.1) is 27.7 Å². The number of sulfonamides is 1. The third kappa shape index (κ3) is 4.21. The van der Waals surface area contributed by atoms with Gasteiger partial charge in [0, 0.05) is 37.7 Å². The van der Waals surface area contributed by atoms with Crippen LogP contribution >= 0.6 is 11.6 Å². The fraction of sp³-hybridized carbons (Fsp3) is 0.429. The van der Waals surface area contributed by atoms with Gasteiger partial charge in [-0.3, -0.25) is 4.90 Å². The quantitative estimate of drug-likeness (QED) is 0.768. The van der Waals surface area contributed by atoms with Crippen LogP contribution in [0.25, 0.3) is 0 Å². The highest BCUT2D eigenvalue weighted by Gasteiger charge is 2.31. The third-order valence-electron chi connectivity index (χ3n) is 5.55. The zero-order valence-electron chi connectivity index (χ0n) is 16.4. The van der Waals surface area contributed by atoms with Gasteiger partial charge in [0.05, 0.1) is 4.90 Å². The molecule has 1 fully saturated rings. The topological polar surface area (TPSA) is 40.6 Å². The number of benzene rings is 2. The van der Waals surface area contributed by atoms with Gasteiger partial charge in [0.25, 0.3) is 0 Å². The average molecular weight is 407 g/mol. The molecule has 0 spiro atoms. The van der Waals surface area contributed by atoms with Crippen LogP contribution < -0.4 is 0 Å². The van der Waals surface area contributed by atoms with Gasteiger partial charge in [-0.05, 0) is 67.6 Å². The Labute approximate surface area is 167 Å². The molecule has 0 atom stereocenters. The van der Waals surface area contributed by atoms with Gasteiger partial charge in [-0.2, -0.15) is 4.31 Å². The van der Waals surface area contributed by atoms with Crippen molar-refractivity contribution in [3.63, 3.8) is 0 Å². The summed E-state index contributed by atoms with van der Waals surface area (Å²) in [7, 11) is -3.48. The van der Waals surface area contributed by atoms with Crippen molar-refractivity contribution < 1.29 is 8.42 Å². The van der Waals surface area contributed by atoms with E-state index in [4.69, 9.17) is 11.6 Å².